The van der Waals surface area contributed by atoms with E-state index in [9.17, 15) is 15.3 Å². The Morgan fingerprint density at radius 3 is 2.30 bits per heavy atom. The van der Waals surface area contributed by atoms with Gasteiger partial charge in [0.1, 0.15) is 31.0 Å². The van der Waals surface area contributed by atoms with Crippen LogP contribution in [0.1, 0.15) is 5.56 Å². The van der Waals surface area contributed by atoms with E-state index < -0.39 is 31.0 Å². The lowest BCUT2D eigenvalue weighted by molar-refractivity contribution is -0.100. The first kappa shape index (κ1) is 16.5. The Balaban J connectivity index is 2.37. The van der Waals surface area contributed by atoms with Gasteiger partial charge in [-0.15, -0.1) is 0 Å². The summed E-state index contributed by atoms with van der Waals surface area (Å²) in [5.74, 6) is 0. The fourth-order valence-corrected chi connectivity index (χ4v) is 1.42. The molecule has 0 radical (unpaired) electrons. The Kier molecular flexibility index (Phi) is 7.13. The van der Waals surface area contributed by atoms with Gasteiger partial charge in [0.05, 0.1) is 12.8 Å². The maximum Gasteiger partial charge on any atom is 0.142 e. The number of benzene rings is 1. The molecule has 7 nitrogen and oxygen atoms in total. The average molecular weight is 285 g/mol. The third-order valence-electron chi connectivity index (χ3n) is 2.64. The van der Waals surface area contributed by atoms with Gasteiger partial charge in [0.2, 0.25) is 0 Å². The highest BCUT2D eigenvalue weighted by molar-refractivity contribution is 5.63. The summed E-state index contributed by atoms with van der Waals surface area (Å²) in [4.78, 5) is 4.91. The summed E-state index contributed by atoms with van der Waals surface area (Å²) in [7, 11) is 0. The van der Waals surface area contributed by atoms with Crippen LogP contribution in [0.4, 0.5) is 0 Å². The molecule has 20 heavy (non-hydrogen) atoms. The Bertz CT molecular complexity index is 399. The maximum atomic E-state index is 9.50. The summed E-state index contributed by atoms with van der Waals surface area (Å²) in [6.07, 6.45) is -5.53. The first-order valence-electron chi connectivity index (χ1n) is 6.08. The lowest BCUT2D eigenvalue weighted by Gasteiger charge is -2.23. The predicted molar refractivity (Wildman–Crippen MR) is 70.8 cm³/mol. The van der Waals surface area contributed by atoms with Crippen molar-refractivity contribution in [1.29, 1.82) is 0 Å². The van der Waals surface area contributed by atoms with E-state index in [1.165, 1.54) is 0 Å². The number of nitrogens with zero attached hydrogens (tertiary/aromatic N) is 1. The van der Waals surface area contributed by atoms with Crippen molar-refractivity contribution in [3.8, 4) is 0 Å². The van der Waals surface area contributed by atoms with E-state index >= 15 is 0 Å². The zero-order chi connectivity index (χ0) is 15.0. The first-order chi connectivity index (χ1) is 9.56. The molecule has 4 atom stereocenters. The van der Waals surface area contributed by atoms with Gasteiger partial charge in [-0.3, -0.25) is 0 Å². The molecule has 0 aliphatic heterocycles. The van der Waals surface area contributed by atoms with Gasteiger partial charge in [-0.1, -0.05) is 35.5 Å². The molecule has 112 valence electrons. The predicted octanol–water partition coefficient (Wildman–Crippen LogP) is -1.38. The molecule has 0 spiro atoms. The van der Waals surface area contributed by atoms with E-state index in [0.717, 1.165) is 11.8 Å². The largest absolute Gasteiger partial charge is 0.394 e. The van der Waals surface area contributed by atoms with Crippen LogP contribution in [0.15, 0.2) is 35.5 Å². The first-order valence-corrected chi connectivity index (χ1v) is 6.08. The summed E-state index contributed by atoms with van der Waals surface area (Å²) >= 11 is 0. The van der Waals surface area contributed by atoms with Crippen LogP contribution in [-0.2, 0) is 11.4 Å². The fourth-order valence-electron chi connectivity index (χ4n) is 1.42. The number of rotatable bonds is 8. The zero-order valence-electron chi connectivity index (χ0n) is 10.8. The molecule has 0 bridgehead atoms. The third kappa shape index (κ3) is 5.24. The molecule has 0 unspecified atom stereocenters. The molecule has 0 saturated heterocycles. The Hall–Kier alpha value is -1.51. The van der Waals surface area contributed by atoms with E-state index in [4.69, 9.17) is 15.1 Å². The second-order valence-corrected chi connectivity index (χ2v) is 4.24. The highest BCUT2D eigenvalue weighted by atomic mass is 16.6. The number of hydrogen-bond donors (Lipinski definition) is 5. The van der Waals surface area contributed by atoms with Crippen LogP contribution in [0.3, 0.4) is 0 Å². The minimum absolute atomic E-state index is 0.196. The standard InChI is InChI=1S/C13H19NO6/c15-7-11(17)13(19)12(18)10(16)6-14-20-8-9-4-2-1-3-5-9/h1-6,10-13,15-19H,7-8H2/b14-6+/t10-,11+,12+,13+/m0/s1. The summed E-state index contributed by atoms with van der Waals surface area (Å²) in [6, 6.07) is 9.21. The second-order valence-electron chi connectivity index (χ2n) is 4.24. The molecule has 0 aliphatic rings. The second kappa shape index (κ2) is 8.62. The topological polar surface area (TPSA) is 123 Å². The van der Waals surface area contributed by atoms with E-state index in [-0.39, 0.29) is 6.61 Å². The van der Waals surface area contributed by atoms with Crippen LogP contribution >= 0.6 is 0 Å². The molecule has 1 aromatic rings. The Morgan fingerprint density at radius 1 is 1.05 bits per heavy atom. The maximum absolute atomic E-state index is 9.50. The van der Waals surface area contributed by atoms with Crippen LogP contribution in [0.5, 0.6) is 0 Å². The zero-order valence-corrected chi connectivity index (χ0v) is 10.8. The molecule has 5 N–H and O–H groups in total. The number of hydrogen-bond acceptors (Lipinski definition) is 7. The summed E-state index contributed by atoms with van der Waals surface area (Å²) in [6.45, 7) is -0.533. The molecule has 1 rings (SSSR count). The smallest absolute Gasteiger partial charge is 0.142 e. The molecular weight excluding hydrogens is 266 g/mol. The van der Waals surface area contributed by atoms with Gasteiger partial charge in [-0.2, -0.15) is 0 Å². The van der Waals surface area contributed by atoms with Crippen LogP contribution in [0.2, 0.25) is 0 Å². The van der Waals surface area contributed by atoms with Crippen molar-refractivity contribution in [3.05, 3.63) is 35.9 Å². The van der Waals surface area contributed by atoms with Crippen LogP contribution in [-0.4, -0.2) is 62.8 Å². The molecule has 0 heterocycles. The highest BCUT2D eigenvalue weighted by Crippen LogP contribution is 2.04. The molecule has 7 heteroatoms. The minimum atomic E-state index is -1.68. The molecule has 1 aromatic carbocycles. The molecule has 0 saturated carbocycles. The Morgan fingerprint density at radius 2 is 1.70 bits per heavy atom. The van der Waals surface area contributed by atoms with Crippen molar-refractivity contribution < 1.29 is 30.4 Å². The van der Waals surface area contributed by atoms with Crippen LogP contribution in [0, 0.1) is 0 Å². The van der Waals surface area contributed by atoms with Crippen LogP contribution < -0.4 is 0 Å². The van der Waals surface area contributed by atoms with Gasteiger partial charge >= 0.3 is 0 Å². The van der Waals surface area contributed by atoms with E-state index in [0.29, 0.717) is 0 Å². The Labute approximate surface area is 116 Å². The lowest BCUT2D eigenvalue weighted by atomic mass is 10.0. The number of aliphatic hydroxyl groups excluding tert-OH is 5. The van der Waals surface area contributed by atoms with Crippen LogP contribution in [0.25, 0.3) is 0 Å². The average Bonchev–Trinajstić information content (AvgIpc) is 2.50. The highest BCUT2D eigenvalue weighted by Gasteiger charge is 2.29. The van der Waals surface area contributed by atoms with E-state index in [1.807, 2.05) is 30.3 Å². The van der Waals surface area contributed by atoms with Gasteiger partial charge in [-0.25, -0.2) is 0 Å². The van der Waals surface area contributed by atoms with Crippen molar-refractivity contribution >= 4 is 6.21 Å². The summed E-state index contributed by atoms with van der Waals surface area (Å²) in [5, 5.41) is 49.6. The fraction of sp³-hybridized carbons (Fsp3) is 0.462. The monoisotopic (exact) mass is 285 g/mol. The van der Waals surface area contributed by atoms with Gasteiger partial charge in [-0.05, 0) is 5.56 Å². The van der Waals surface area contributed by atoms with Crippen molar-refractivity contribution in [2.75, 3.05) is 6.61 Å². The number of aliphatic hydroxyl groups is 5. The van der Waals surface area contributed by atoms with E-state index in [2.05, 4.69) is 5.16 Å². The minimum Gasteiger partial charge on any atom is -0.394 e. The van der Waals surface area contributed by atoms with E-state index in [1.54, 1.807) is 0 Å². The molecule has 0 aliphatic carbocycles. The normalized spacial score (nSPS) is 17.6. The molecule has 0 amide bonds. The summed E-state index contributed by atoms with van der Waals surface area (Å²) in [5.41, 5.74) is 0.885. The van der Waals surface area contributed by atoms with Crippen molar-refractivity contribution in [3.63, 3.8) is 0 Å². The summed E-state index contributed by atoms with van der Waals surface area (Å²) < 4.78 is 0. The van der Waals surface area contributed by atoms with Crippen molar-refractivity contribution in [2.45, 2.75) is 31.0 Å². The van der Waals surface area contributed by atoms with Gasteiger partial charge in [0.25, 0.3) is 0 Å². The van der Waals surface area contributed by atoms with Crippen molar-refractivity contribution in [1.82, 2.24) is 0 Å². The molecule has 0 fully saturated rings. The van der Waals surface area contributed by atoms with Gasteiger partial charge in [0.15, 0.2) is 0 Å². The van der Waals surface area contributed by atoms with Crippen molar-refractivity contribution in [2.24, 2.45) is 5.16 Å². The number of oxime groups is 1. The van der Waals surface area contributed by atoms with Gasteiger partial charge < -0.3 is 30.4 Å². The third-order valence-corrected chi connectivity index (χ3v) is 2.64. The SMILES string of the molecule is OC[C@@H](O)[C@@H](O)[C@H](O)[C@@H](O)/C=N/OCc1ccccc1. The molecular formula is C13H19NO6. The molecule has 0 aromatic heterocycles. The van der Waals surface area contributed by atoms with Gasteiger partial charge in [0, 0.05) is 0 Å². The lowest BCUT2D eigenvalue weighted by Crippen LogP contribution is -2.46. The quantitative estimate of drug-likeness (QED) is 0.296.